The highest BCUT2D eigenvalue weighted by molar-refractivity contribution is 5.79. The van der Waals surface area contributed by atoms with Crippen molar-refractivity contribution in [2.75, 3.05) is 0 Å². The Morgan fingerprint density at radius 1 is 1.25 bits per heavy atom. The molecule has 0 bridgehead atoms. The molecular weight excluding hydrogens is 156 g/mol. The molecule has 0 spiro atoms. The third-order valence-electron chi connectivity index (χ3n) is 1.95. The lowest BCUT2D eigenvalue weighted by molar-refractivity contribution is -0.138. The Morgan fingerprint density at radius 2 is 1.83 bits per heavy atom. The van der Waals surface area contributed by atoms with E-state index in [-0.39, 0.29) is 18.1 Å². The normalized spacial score (nSPS) is 12.5. The van der Waals surface area contributed by atoms with E-state index in [1.807, 2.05) is 6.92 Å². The molecule has 3 nitrogen and oxygen atoms in total. The second-order valence-electron chi connectivity index (χ2n) is 2.97. The second kappa shape index (κ2) is 5.75. The summed E-state index contributed by atoms with van der Waals surface area (Å²) in [7, 11) is 0. The molecule has 0 saturated heterocycles. The molecule has 0 fully saturated rings. The van der Waals surface area contributed by atoms with E-state index in [0.717, 1.165) is 6.42 Å². The van der Waals surface area contributed by atoms with Crippen molar-refractivity contribution >= 4 is 11.8 Å². The van der Waals surface area contributed by atoms with E-state index < -0.39 is 5.97 Å². The monoisotopic (exact) mass is 172 g/mol. The highest BCUT2D eigenvalue weighted by Crippen LogP contribution is 2.14. The first kappa shape index (κ1) is 11.1. The Bertz CT molecular complexity index is 163. The van der Waals surface area contributed by atoms with E-state index in [4.69, 9.17) is 5.11 Å². The van der Waals surface area contributed by atoms with E-state index in [1.54, 1.807) is 6.92 Å². The molecule has 1 N–H and O–H groups in total. The average Bonchev–Trinajstić information content (AvgIpc) is 2.02. The first-order valence-electron chi connectivity index (χ1n) is 4.33. The van der Waals surface area contributed by atoms with Crippen LogP contribution in [0.4, 0.5) is 0 Å². The SMILES string of the molecule is CCC(=O)CC(CC)CC(=O)O. The van der Waals surface area contributed by atoms with Crippen molar-refractivity contribution in [1.82, 2.24) is 0 Å². The van der Waals surface area contributed by atoms with Gasteiger partial charge in [-0.25, -0.2) is 0 Å². The lowest BCUT2D eigenvalue weighted by atomic mass is 9.95. The fourth-order valence-electron chi connectivity index (χ4n) is 1.07. The van der Waals surface area contributed by atoms with E-state index >= 15 is 0 Å². The first-order valence-corrected chi connectivity index (χ1v) is 4.33. The number of carbonyl (C=O) groups is 2. The summed E-state index contributed by atoms with van der Waals surface area (Å²) in [4.78, 5) is 21.3. The van der Waals surface area contributed by atoms with Crippen molar-refractivity contribution in [2.45, 2.75) is 39.5 Å². The molecule has 0 radical (unpaired) electrons. The van der Waals surface area contributed by atoms with E-state index in [1.165, 1.54) is 0 Å². The first-order chi connectivity index (χ1) is 5.60. The highest BCUT2D eigenvalue weighted by Gasteiger charge is 2.13. The van der Waals surface area contributed by atoms with Crippen LogP contribution in [0.5, 0.6) is 0 Å². The van der Waals surface area contributed by atoms with Crippen molar-refractivity contribution < 1.29 is 14.7 Å². The van der Waals surface area contributed by atoms with Crippen LogP contribution in [-0.2, 0) is 9.59 Å². The smallest absolute Gasteiger partial charge is 0.303 e. The number of ketones is 1. The summed E-state index contributed by atoms with van der Waals surface area (Å²) in [6, 6.07) is 0. The zero-order chi connectivity index (χ0) is 9.56. The van der Waals surface area contributed by atoms with Gasteiger partial charge in [-0.1, -0.05) is 20.3 Å². The minimum absolute atomic E-state index is 0.0231. The number of Topliss-reactive ketones (excluding diaryl/α,β-unsaturated/α-hetero) is 1. The minimum Gasteiger partial charge on any atom is -0.481 e. The number of rotatable bonds is 6. The van der Waals surface area contributed by atoms with Crippen LogP contribution in [0.3, 0.4) is 0 Å². The predicted molar refractivity (Wildman–Crippen MR) is 45.9 cm³/mol. The molecule has 0 aliphatic rings. The van der Waals surface area contributed by atoms with Gasteiger partial charge in [-0.05, 0) is 5.92 Å². The van der Waals surface area contributed by atoms with Crippen LogP contribution in [0.2, 0.25) is 0 Å². The zero-order valence-corrected chi connectivity index (χ0v) is 7.67. The van der Waals surface area contributed by atoms with Crippen molar-refractivity contribution in [3.8, 4) is 0 Å². The van der Waals surface area contributed by atoms with Crippen LogP contribution in [0.1, 0.15) is 39.5 Å². The molecule has 0 aliphatic heterocycles. The Hall–Kier alpha value is -0.860. The summed E-state index contributed by atoms with van der Waals surface area (Å²) in [6.07, 6.45) is 1.80. The molecular formula is C9H16O3. The summed E-state index contributed by atoms with van der Waals surface area (Å²) in [5.74, 6) is -0.635. The Kier molecular flexibility index (Phi) is 5.34. The van der Waals surface area contributed by atoms with Crippen LogP contribution >= 0.6 is 0 Å². The molecule has 12 heavy (non-hydrogen) atoms. The molecule has 0 amide bonds. The fourth-order valence-corrected chi connectivity index (χ4v) is 1.07. The van der Waals surface area contributed by atoms with Crippen molar-refractivity contribution in [1.29, 1.82) is 0 Å². The summed E-state index contributed by atoms with van der Waals surface area (Å²) in [5.41, 5.74) is 0. The van der Waals surface area contributed by atoms with Gasteiger partial charge in [-0.15, -0.1) is 0 Å². The van der Waals surface area contributed by atoms with Gasteiger partial charge in [-0.2, -0.15) is 0 Å². The molecule has 0 heterocycles. The summed E-state index contributed by atoms with van der Waals surface area (Å²) >= 11 is 0. The molecule has 0 aromatic heterocycles. The molecule has 0 aromatic carbocycles. The van der Waals surface area contributed by atoms with Crippen molar-refractivity contribution in [2.24, 2.45) is 5.92 Å². The van der Waals surface area contributed by atoms with E-state index in [9.17, 15) is 9.59 Å². The fraction of sp³-hybridized carbons (Fsp3) is 0.778. The summed E-state index contributed by atoms with van der Waals surface area (Å²) in [5, 5.41) is 8.49. The standard InChI is InChI=1S/C9H16O3/c1-3-7(6-9(11)12)5-8(10)4-2/h7H,3-6H2,1-2H3,(H,11,12). The molecule has 0 aromatic rings. The number of carboxylic acid groups (broad SMARTS) is 1. The number of carbonyl (C=O) groups excluding carboxylic acids is 1. The lowest BCUT2D eigenvalue weighted by Gasteiger charge is -2.09. The summed E-state index contributed by atoms with van der Waals surface area (Å²) in [6.45, 7) is 3.71. The van der Waals surface area contributed by atoms with Crippen molar-refractivity contribution in [3.63, 3.8) is 0 Å². The summed E-state index contributed by atoms with van der Waals surface area (Å²) < 4.78 is 0. The van der Waals surface area contributed by atoms with Gasteiger partial charge in [0.25, 0.3) is 0 Å². The second-order valence-corrected chi connectivity index (χ2v) is 2.97. The largest absolute Gasteiger partial charge is 0.481 e. The van der Waals surface area contributed by atoms with Crippen LogP contribution < -0.4 is 0 Å². The zero-order valence-electron chi connectivity index (χ0n) is 7.67. The minimum atomic E-state index is -0.814. The quantitative estimate of drug-likeness (QED) is 0.665. The van der Waals surface area contributed by atoms with Gasteiger partial charge in [0.2, 0.25) is 0 Å². The third kappa shape index (κ3) is 4.88. The molecule has 3 heteroatoms. The lowest BCUT2D eigenvalue weighted by Crippen LogP contribution is -2.11. The molecule has 0 saturated carbocycles. The van der Waals surface area contributed by atoms with Crippen LogP contribution in [0, 0.1) is 5.92 Å². The molecule has 1 atom stereocenters. The molecule has 1 unspecified atom stereocenters. The van der Waals surface area contributed by atoms with E-state index in [2.05, 4.69) is 0 Å². The van der Waals surface area contributed by atoms with Gasteiger partial charge in [-0.3, -0.25) is 9.59 Å². The van der Waals surface area contributed by atoms with Crippen LogP contribution in [-0.4, -0.2) is 16.9 Å². The predicted octanol–water partition coefficient (Wildman–Crippen LogP) is 1.86. The number of hydrogen-bond acceptors (Lipinski definition) is 2. The molecule has 70 valence electrons. The molecule has 0 rings (SSSR count). The number of carboxylic acids is 1. The maximum atomic E-state index is 11.0. The average molecular weight is 172 g/mol. The maximum Gasteiger partial charge on any atom is 0.303 e. The van der Waals surface area contributed by atoms with Gasteiger partial charge in [0.1, 0.15) is 5.78 Å². The van der Waals surface area contributed by atoms with Gasteiger partial charge >= 0.3 is 5.97 Å². The molecule has 0 aliphatic carbocycles. The highest BCUT2D eigenvalue weighted by atomic mass is 16.4. The van der Waals surface area contributed by atoms with Gasteiger partial charge in [0.15, 0.2) is 0 Å². The Labute approximate surface area is 72.8 Å². The topological polar surface area (TPSA) is 54.4 Å². The van der Waals surface area contributed by atoms with Gasteiger partial charge in [0, 0.05) is 19.3 Å². The van der Waals surface area contributed by atoms with Crippen LogP contribution in [0.15, 0.2) is 0 Å². The van der Waals surface area contributed by atoms with E-state index in [0.29, 0.717) is 12.8 Å². The number of aliphatic carboxylic acids is 1. The van der Waals surface area contributed by atoms with Gasteiger partial charge in [0.05, 0.1) is 0 Å². The van der Waals surface area contributed by atoms with Gasteiger partial charge < -0.3 is 5.11 Å². The van der Waals surface area contributed by atoms with Crippen LogP contribution in [0.25, 0.3) is 0 Å². The third-order valence-corrected chi connectivity index (χ3v) is 1.95. The Morgan fingerprint density at radius 3 is 2.17 bits per heavy atom. The van der Waals surface area contributed by atoms with Crippen molar-refractivity contribution in [3.05, 3.63) is 0 Å². The number of hydrogen-bond donors (Lipinski definition) is 1. The maximum absolute atomic E-state index is 11.0. The Balaban J connectivity index is 3.82.